The van der Waals surface area contributed by atoms with E-state index in [-0.39, 0.29) is 23.6 Å². The number of benzene rings is 1. The second kappa shape index (κ2) is 6.45. The number of nitrogens with zero attached hydrogens (tertiary/aromatic N) is 1. The summed E-state index contributed by atoms with van der Waals surface area (Å²) in [7, 11) is 1.37. The van der Waals surface area contributed by atoms with Crippen LogP contribution in [0.2, 0.25) is 5.02 Å². The van der Waals surface area contributed by atoms with Gasteiger partial charge in [-0.3, -0.25) is 9.59 Å². The van der Waals surface area contributed by atoms with Crippen LogP contribution in [-0.4, -0.2) is 37.0 Å². The van der Waals surface area contributed by atoms with Crippen LogP contribution in [-0.2, 0) is 9.53 Å². The van der Waals surface area contributed by atoms with Crippen molar-refractivity contribution in [3.05, 3.63) is 33.9 Å². The minimum atomic E-state index is -0.353. The van der Waals surface area contributed by atoms with E-state index in [1.165, 1.54) is 30.6 Å². The Kier molecular flexibility index (Phi) is 4.55. The number of carbonyl (C=O) groups excluding carboxylic acids is 2. The molecule has 0 atom stereocenters. The highest BCUT2D eigenvalue weighted by atomic mass is 35.5. The number of hydrogen-bond donors (Lipinski definition) is 0. The topological polar surface area (TPSA) is 46.6 Å². The third kappa shape index (κ3) is 3.05. The number of thiophene rings is 1. The standard InChI is InChI=1S/C16H15ClFNO3S/c1-22-16(21)9-4-6-19(7-5-9)15(20)14-13(17)11-3-2-10(18)8-12(11)23-14/h2-3,8-9H,4-7H2,1H3. The van der Waals surface area contributed by atoms with Gasteiger partial charge in [0, 0.05) is 23.2 Å². The minimum Gasteiger partial charge on any atom is -0.469 e. The molecule has 1 saturated heterocycles. The first-order valence-corrected chi connectivity index (χ1v) is 8.45. The van der Waals surface area contributed by atoms with E-state index in [1.807, 2.05) is 0 Å². The average Bonchev–Trinajstić information content (AvgIpc) is 2.89. The normalized spacial score (nSPS) is 15.9. The molecule has 1 fully saturated rings. The summed E-state index contributed by atoms with van der Waals surface area (Å²) in [6.45, 7) is 0.967. The summed E-state index contributed by atoms with van der Waals surface area (Å²) in [4.78, 5) is 26.3. The number of halogens is 2. The van der Waals surface area contributed by atoms with Gasteiger partial charge in [0.05, 0.1) is 18.1 Å². The number of piperidine rings is 1. The van der Waals surface area contributed by atoms with Crippen LogP contribution in [0.25, 0.3) is 10.1 Å². The van der Waals surface area contributed by atoms with Crippen molar-refractivity contribution in [3.63, 3.8) is 0 Å². The Hall–Kier alpha value is -1.66. The van der Waals surface area contributed by atoms with Crippen molar-refractivity contribution in [3.8, 4) is 0 Å². The van der Waals surface area contributed by atoms with E-state index in [0.717, 1.165) is 0 Å². The highest BCUT2D eigenvalue weighted by Gasteiger charge is 2.30. The van der Waals surface area contributed by atoms with Crippen molar-refractivity contribution in [2.45, 2.75) is 12.8 Å². The molecule has 1 amide bonds. The number of esters is 1. The molecule has 1 aromatic heterocycles. The molecule has 2 aromatic rings. The molecule has 122 valence electrons. The highest BCUT2D eigenvalue weighted by molar-refractivity contribution is 7.21. The van der Waals surface area contributed by atoms with Gasteiger partial charge < -0.3 is 9.64 Å². The fourth-order valence-electron chi connectivity index (χ4n) is 2.81. The van der Waals surface area contributed by atoms with Crippen LogP contribution in [0.15, 0.2) is 18.2 Å². The highest BCUT2D eigenvalue weighted by Crippen LogP contribution is 2.37. The Morgan fingerprint density at radius 3 is 2.70 bits per heavy atom. The summed E-state index contributed by atoms with van der Waals surface area (Å²) in [5, 5.41) is 1.05. The zero-order chi connectivity index (χ0) is 16.6. The predicted molar refractivity (Wildman–Crippen MR) is 87.4 cm³/mol. The van der Waals surface area contributed by atoms with Crippen LogP contribution < -0.4 is 0 Å². The number of amides is 1. The van der Waals surface area contributed by atoms with Gasteiger partial charge in [-0.15, -0.1) is 11.3 Å². The number of rotatable bonds is 2. The van der Waals surface area contributed by atoms with Gasteiger partial charge >= 0.3 is 5.97 Å². The van der Waals surface area contributed by atoms with Crippen molar-refractivity contribution in [1.82, 2.24) is 4.90 Å². The number of ether oxygens (including phenoxy) is 1. The maximum atomic E-state index is 13.3. The minimum absolute atomic E-state index is 0.156. The second-order valence-corrected chi connectivity index (χ2v) is 6.91. The molecule has 0 unspecified atom stereocenters. The van der Waals surface area contributed by atoms with Gasteiger partial charge in [0.15, 0.2) is 0 Å². The maximum Gasteiger partial charge on any atom is 0.308 e. The van der Waals surface area contributed by atoms with Crippen LogP contribution >= 0.6 is 22.9 Å². The average molecular weight is 356 g/mol. The molecule has 0 aliphatic carbocycles. The Bertz CT molecular complexity index is 768. The molecule has 23 heavy (non-hydrogen) atoms. The number of methoxy groups -OCH3 is 1. The lowest BCUT2D eigenvalue weighted by Crippen LogP contribution is -2.40. The van der Waals surface area contributed by atoms with Crippen molar-refractivity contribution in [2.75, 3.05) is 20.2 Å². The van der Waals surface area contributed by atoms with Crippen LogP contribution in [0.3, 0.4) is 0 Å². The van der Waals surface area contributed by atoms with Crippen LogP contribution in [0.4, 0.5) is 4.39 Å². The smallest absolute Gasteiger partial charge is 0.308 e. The maximum absolute atomic E-state index is 13.3. The lowest BCUT2D eigenvalue weighted by Gasteiger charge is -2.30. The Labute approximate surface area is 141 Å². The first-order valence-electron chi connectivity index (χ1n) is 7.26. The van der Waals surface area contributed by atoms with Crippen molar-refractivity contribution < 1.29 is 18.7 Å². The first-order chi connectivity index (χ1) is 11.0. The molecule has 2 heterocycles. The Balaban J connectivity index is 1.79. The molecule has 1 aliphatic heterocycles. The first kappa shape index (κ1) is 16.2. The zero-order valence-electron chi connectivity index (χ0n) is 12.5. The fourth-order valence-corrected chi connectivity index (χ4v) is 4.31. The molecule has 0 saturated carbocycles. The van der Waals surface area contributed by atoms with Gasteiger partial charge in [-0.05, 0) is 31.0 Å². The van der Waals surface area contributed by atoms with E-state index < -0.39 is 0 Å². The van der Waals surface area contributed by atoms with Gasteiger partial charge in [-0.2, -0.15) is 0 Å². The number of fused-ring (bicyclic) bond motifs is 1. The van der Waals surface area contributed by atoms with Gasteiger partial charge in [0.1, 0.15) is 10.7 Å². The van der Waals surface area contributed by atoms with Gasteiger partial charge in [0.25, 0.3) is 5.91 Å². The largest absolute Gasteiger partial charge is 0.469 e. The van der Waals surface area contributed by atoms with Gasteiger partial charge in [0.2, 0.25) is 0 Å². The SMILES string of the molecule is COC(=O)C1CCN(C(=O)c2sc3cc(F)ccc3c2Cl)CC1. The van der Waals surface area contributed by atoms with Crippen molar-refractivity contribution >= 4 is 44.9 Å². The van der Waals surface area contributed by atoms with E-state index >= 15 is 0 Å². The summed E-state index contributed by atoms with van der Waals surface area (Å²) in [6, 6.07) is 4.30. The van der Waals surface area contributed by atoms with Gasteiger partial charge in [-0.1, -0.05) is 11.6 Å². The van der Waals surface area contributed by atoms with E-state index in [2.05, 4.69) is 0 Å². The quantitative estimate of drug-likeness (QED) is 0.771. The summed E-state index contributed by atoms with van der Waals surface area (Å²) in [5.74, 6) is -0.906. The lowest BCUT2D eigenvalue weighted by molar-refractivity contribution is -0.146. The molecule has 0 bridgehead atoms. The van der Waals surface area contributed by atoms with Crippen LogP contribution in [0, 0.1) is 11.7 Å². The number of carbonyl (C=O) groups is 2. The van der Waals surface area contributed by atoms with Crippen LogP contribution in [0.1, 0.15) is 22.5 Å². The summed E-state index contributed by atoms with van der Waals surface area (Å²) < 4.78 is 18.7. The molecule has 7 heteroatoms. The molecule has 0 N–H and O–H groups in total. The third-order valence-corrected chi connectivity index (χ3v) is 5.75. The van der Waals surface area contributed by atoms with Crippen molar-refractivity contribution in [1.29, 1.82) is 0 Å². The zero-order valence-corrected chi connectivity index (χ0v) is 14.0. The molecule has 1 aliphatic rings. The van der Waals surface area contributed by atoms with Crippen LogP contribution in [0.5, 0.6) is 0 Å². The molecule has 4 nitrogen and oxygen atoms in total. The Morgan fingerprint density at radius 2 is 2.04 bits per heavy atom. The molecule has 3 rings (SSSR count). The lowest BCUT2D eigenvalue weighted by atomic mass is 9.97. The second-order valence-electron chi connectivity index (χ2n) is 5.48. The van der Waals surface area contributed by atoms with E-state index in [9.17, 15) is 14.0 Å². The number of likely N-dealkylation sites (tertiary alicyclic amines) is 1. The molecular formula is C16H15ClFNO3S. The van der Waals surface area contributed by atoms with Crippen molar-refractivity contribution in [2.24, 2.45) is 5.92 Å². The van der Waals surface area contributed by atoms with Gasteiger partial charge in [-0.25, -0.2) is 4.39 Å². The molecule has 1 aromatic carbocycles. The Morgan fingerprint density at radius 1 is 1.35 bits per heavy atom. The molecule has 0 radical (unpaired) electrons. The molecule has 0 spiro atoms. The monoisotopic (exact) mass is 355 g/mol. The van der Waals surface area contributed by atoms with E-state index in [0.29, 0.717) is 45.9 Å². The van der Waals surface area contributed by atoms with E-state index in [4.69, 9.17) is 16.3 Å². The summed E-state index contributed by atoms with van der Waals surface area (Å²) in [6.07, 6.45) is 1.16. The predicted octanol–water partition coefficient (Wildman–Crippen LogP) is 3.72. The summed E-state index contributed by atoms with van der Waals surface area (Å²) >= 11 is 7.49. The fraction of sp³-hybridized carbons (Fsp3) is 0.375. The van der Waals surface area contributed by atoms with E-state index in [1.54, 1.807) is 11.0 Å². The number of hydrogen-bond acceptors (Lipinski definition) is 4. The third-order valence-electron chi connectivity index (χ3n) is 4.10. The molecular weight excluding hydrogens is 341 g/mol. The summed E-state index contributed by atoms with van der Waals surface area (Å²) in [5.41, 5.74) is 0.